The van der Waals surface area contributed by atoms with E-state index in [1.54, 1.807) is 26.0 Å². The van der Waals surface area contributed by atoms with E-state index in [-0.39, 0.29) is 5.91 Å². The Balaban J connectivity index is 2.76. The third kappa shape index (κ3) is 3.71. The van der Waals surface area contributed by atoms with Crippen LogP contribution in [0.2, 0.25) is 5.02 Å². The number of amides is 1. The van der Waals surface area contributed by atoms with E-state index in [0.29, 0.717) is 15.1 Å². The van der Waals surface area contributed by atoms with Gasteiger partial charge in [-0.3, -0.25) is 9.59 Å². The molecule has 1 aromatic carbocycles. The zero-order valence-electron chi connectivity index (χ0n) is 9.91. The van der Waals surface area contributed by atoms with Gasteiger partial charge < -0.3 is 10.4 Å². The number of benzene rings is 1. The van der Waals surface area contributed by atoms with Crippen molar-refractivity contribution in [3.63, 3.8) is 0 Å². The molecule has 2 N–H and O–H groups in total. The minimum atomic E-state index is -0.948. The molecule has 1 aromatic rings. The molecule has 4 nitrogen and oxygen atoms in total. The zero-order valence-corrected chi connectivity index (χ0v) is 12.2. The Kier molecular flexibility index (Phi) is 5.16. The van der Waals surface area contributed by atoms with Crippen molar-refractivity contribution in [1.82, 2.24) is 5.32 Å². The van der Waals surface area contributed by atoms with Crippen LogP contribution in [0.1, 0.15) is 24.2 Å². The molecule has 0 aromatic heterocycles. The van der Waals surface area contributed by atoms with E-state index in [1.165, 1.54) is 6.07 Å². The summed E-state index contributed by atoms with van der Waals surface area (Å²) in [6.07, 6.45) is 0. The molecule has 1 rings (SSSR count). The maximum Gasteiger partial charge on any atom is 0.308 e. The van der Waals surface area contributed by atoms with Crippen LogP contribution in [0.25, 0.3) is 0 Å². The van der Waals surface area contributed by atoms with E-state index >= 15 is 0 Å². The summed E-state index contributed by atoms with van der Waals surface area (Å²) in [5, 5.41) is 11.9. The Morgan fingerprint density at radius 3 is 2.50 bits per heavy atom. The summed E-state index contributed by atoms with van der Waals surface area (Å²) in [4.78, 5) is 22.6. The summed E-state index contributed by atoms with van der Waals surface area (Å²) in [6, 6.07) is 4.35. The fourth-order valence-electron chi connectivity index (χ4n) is 1.27. The number of nitrogens with one attached hydrogen (secondary N) is 1. The predicted molar refractivity (Wildman–Crippen MR) is 72.9 cm³/mol. The van der Waals surface area contributed by atoms with Gasteiger partial charge in [-0.25, -0.2) is 0 Å². The first-order valence-corrected chi connectivity index (χ1v) is 6.48. The lowest BCUT2D eigenvalue weighted by Gasteiger charge is -2.17. The Morgan fingerprint density at radius 2 is 2.00 bits per heavy atom. The topological polar surface area (TPSA) is 66.4 Å². The van der Waals surface area contributed by atoms with E-state index in [9.17, 15) is 9.59 Å². The van der Waals surface area contributed by atoms with Crippen LogP contribution in [-0.2, 0) is 4.79 Å². The fourth-order valence-corrected chi connectivity index (χ4v) is 1.69. The number of carboxylic acids is 1. The monoisotopic (exact) mass is 333 g/mol. The molecule has 0 saturated carbocycles. The zero-order chi connectivity index (χ0) is 13.9. The molecule has 2 atom stereocenters. The molecule has 18 heavy (non-hydrogen) atoms. The molecular formula is C12H13BrClNO3. The number of aliphatic carboxylic acids is 1. The van der Waals surface area contributed by atoms with Gasteiger partial charge in [-0.1, -0.05) is 11.6 Å². The van der Waals surface area contributed by atoms with Crippen molar-refractivity contribution in [2.75, 3.05) is 0 Å². The van der Waals surface area contributed by atoms with Crippen molar-refractivity contribution in [3.05, 3.63) is 33.3 Å². The van der Waals surface area contributed by atoms with Gasteiger partial charge >= 0.3 is 5.97 Å². The highest BCUT2D eigenvalue weighted by Gasteiger charge is 2.21. The Labute approximate surface area is 118 Å². The molecule has 0 aliphatic heterocycles. The Morgan fingerprint density at radius 1 is 1.39 bits per heavy atom. The maximum atomic E-state index is 11.9. The largest absolute Gasteiger partial charge is 0.481 e. The van der Waals surface area contributed by atoms with Crippen LogP contribution < -0.4 is 5.32 Å². The van der Waals surface area contributed by atoms with Crippen LogP contribution in [0.5, 0.6) is 0 Å². The first-order valence-electron chi connectivity index (χ1n) is 5.31. The van der Waals surface area contributed by atoms with Gasteiger partial charge in [0.15, 0.2) is 0 Å². The lowest BCUT2D eigenvalue weighted by molar-refractivity contribution is -0.141. The molecule has 98 valence electrons. The first-order chi connectivity index (χ1) is 8.32. The molecule has 0 saturated heterocycles. The van der Waals surface area contributed by atoms with E-state index in [1.807, 2.05) is 0 Å². The molecule has 6 heteroatoms. The van der Waals surface area contributed by atoms with Crippen molar-refractivity contribution in [3.8, 4) is 0 Å². The SMILES string of the molecule is CC(NC(=O)c1ccc(Br)c(Cl)c1)C(C)C(=O)O. The number of halogens is 2. The van der Waals surface area contributed by atoms with E-state index < -0.39 is 17.9 Å². The van der Waals surface area contributed by atoms with Crippen LogP contribution in [-0.4, -0.2) is 23.0 Å². The number of carboxylic acid groups (broad SMARTS) is 1. The number of hydrogen-bond acceptors (Lipinski definition) is 2. The molecule has 0 aliphatic rings. The summed E-state index contributed by atoms with van der Waals surface area (Å²) in [5.74, 6) is -1.94. The van der Waals surface area contributed by atoms with Gasteiger partial charge in [0, 0.05) is 16.1 Å². The summed E-state index contributed by atoms with van der Waals surface area (Å²) in [7, 11) is 0. The minimum absolute atomic E-state index is 0.343. The van der Waals surface area contributed by atoms with Crippen molar-refractivity contribution < 1.29 is 14.7 Å². The summed E-state index contributed by atoms with van der Waals surface area (Å²) >= 11 is 9.12. The van der Waals surface area contributed by atoms with Gasteiger partial charge in [-0.2, -0.15) is 0 Å². The van der Waals surface area contributed by atoms with Gasteiger partial charge in [0.05, 0.1) is 10.9 Å². The standard InChI is InChI=1S/C12H13BrClNO3/c1-6(12(17)18)7(2)15-11(16)8-3-4-9(13)10(14)5-8/h3-7H,1-2H3,(H,15,16)(H,17,18). The molecule has 0 fully saturated rings. The molecule has 0 bridgehead atoms. The van der Waals surface area contributed by atoms with Crippen LogP contribution >= 0.6 is 27.5 Å². The Hall–Kier alpha value is -1.07. The van der Waals surface area contributed by atoms with Crippen molar-refractivity contribution in [2.45, 2.75) is 19.9 Å². The van der Waals surface area contributed by atoms with Crippen LogP contribution in [0, 0.1) is 5.92 Å². The second-order valence-electron chi connectivity index (χ2n) is 4.02. The molecule has 2 unspecified atom stereocenters. The van der Waals surface area contributed by atoms with Gasteiger partial charge in [-0.15, -0.1) is 0 Å². The highest BCUT2D eigenvalue weighted by molar-refractivity contribution is 9.10. The normalized spacial score (nSPS) is 13.8. The van der Waals surface area contributed by atoms with Gasteiger partial charge in [0.1, 0.15) is 0 Å². The maximum absolute atomic E-state index is 11.9. The second kappa shape index (κ2) is 6.20. The number of carbonyl (C=O) groups is 2. The first kappa shape index (κ1) is 15.0. The van der Waals surface area contributed by atoms with E-state index in [0.717, 1.165) is 0 Å². The van der Waals surface area contributed by atoms with E-state index in [2.05, 4.69) is 21.2 Å². The predicted octanol–water partition coefficient (Wildman–Crippen LogP) is 2.94. The van der Waals surface area contributed by atoms with Crippen LogP contribution in [0.3, 0.4) is 0 Å². The van der Waals surface area contributed by atoms with Crippen molar-refractivity contribution in [2.24, 2.45) is 5.92 Å². The van der Waals surface area contributed by atoms with Crippen LogP contribution in [0.4, 0.5) is 0 Å². The summed E-state index contributed by atoms with van der Waals surface area (Å²) in [6.45, 7) is 3.19. The fraction of sp³-hybridized carbons (Fsp3) is 0.333. The third-order valence-corrected chi connectivity index (χ3v) is 3.91. The lowest BCUT2D eigenvalue weighted by Crippen LogP contribution is -2.40. The molecule has 0 spiro atoms. The number of rotatable bonds is 4. The summed E-state index contributed by atoms with van der Waals surface area (Å²) in [5.41, 5.74) is 0.396. The van der Waals surface area contributed by atoms with Gasteiger partial charge in [-0.05, 0) is 48.0 Å². The highest BCUT2D eigenvalue weighted by Crippen LogP contribution is 2.23. The molecular weight excluding hydrogens is 321 g/mol. The van der Waals surface area contributed by atoms with Crippen LogP contribution in [0.15, 0.2) is 22.7 Å². The number of carbonyl (C=O) groups excluding carboxylic acids is 1. The average Bonchev–Trinajstić information content (AvgIpc) is 2.31. The molecule has 0 aliphatic carbocycles. The Bertz CT molecular complexity index is 478. The summed E-state index contributed by atoms with van der Waals surface area (Å²) < 4.78 is 0.702. The van der Waals surface area contributed by atoms with Crippen molar-refractivity contribution in [1.29, 1.82) is 0 Å². The lowest BCUT2D eigenvalue weighted by atomic mass is 10.0. The third-order valence-electron chi connectivity index (χ3n) is 2.68. The van der Waals surface area contributed by atoms with Crippen molar-refractivity contribution >= 4 is 39.4 Å². The minimum Gasteiger partial charge on any atom is -0.481 e. The van der Waals surface area contributed by atoms with E-state index in [4.69, 9.17) is 16.7 Å². The van der Waals surface area contributed by atoms with Gasteiger partial charge in [0.25, 0.3) is 5.91 Å². The van der Waals surface area contributed by atoms with Gasteiger partial charge in [0.2, 0.25) is 0 Å². The smallest absolute Gasteiger partial charge is 0.308 e. The molecule has 1 amide bonds. The average molecular weight is 335 g/mol. The molecule has 0 heterocycles. The molecule has 0 radical (unpaired) electrons. The second-order valence-corrected chi connectivity index (χ2v) is 5.28. The highest BCUT2D eigenvalue weighted by atomic mass is 79.9. The quantitative estimate of drug-likeness (QED) is 0.889. The number of hydrogen-bond donors (Lipinski definition) is 2.